The number of hydrogen-bond donors (Lipinski definition) is 2. The van der Waals surface area contributed by atoms with Crippen LogP contribution in [0.2, 0.25) is 0 Å². The third-order valence-corrected chi connectivity index (χ3v) is 5.72. The SMILES string of the molecule is CCNC(=NCC1CCCN(CC)C1)NCCCN1CCC(C)CC1. The van der Waals surface area contributed by atoms with Gasteiger partial charge in [-0.15, -0.1) is 0 Å². The van der Waals surface area contributed by atoms with Crippen molar-refractivity contribution in [3.8, 4) is 0 Å². The summed E-state index contributed by atoms with van der Waals surface area (Å²) >= 11 is 0. The lowest BCUT2D eigenvalue weighted by molar-refractivity contribution is 0.186. The minimum atomic E-state index is 0.722. The molecule has 0 spiro atoms. The van der Waals surface area contributed by atoms with Gasteiger partial charge in [0, 0.05) is 26.2 Å². The number of piperidine rings is 2. The van der Waals surface area contributed by atoms with Crippen LogP contribution >= 0.6 is 0 Å². The van der Waals surface area contributed by atoms with Gasteiger partial charge in [0.1, 0.15) is 0 Å². The molecule has 2 aliphatic rings. The first kappa shape index (κ1) is 20.5. The fourth-order valence-corrected chi connectivity index (χ4v) is 3.94. The van der Waals surface area contributed by atoms with Gasteiger partial charge in [-0.05, 0) is 83.6 Å². The van der Waals surface area contributed by atoms with Crippen molar-refractivity contribution in [2.24, 2.45) is 16.8 Å². The van der Waals surface area contributed by atoms with Crippen molar-refractivity contribution in [3.05, 3.63) is 0 Å². The maximum atomic E-state index is 4.85. The van der Waals surface area contributed by atoms with Crippen molar-refractivity contribution < 1.29 is 0 Å². The molecule has 2 saturated heterocycles. The van der Waals surface area contributed by atoms with Crippen molar-refractivity contribution in [1.82, 2.24) is 20.4 Å². The molecule has 0 aromatic carbocycles. The second-order valence-electron chi connectivity index (χ2n) is 7.93. The largest absolute Gasteiger partial charge is 0.357 e. The average molecular weight is 352 g/mol. The first-order valence-electron chi connectivity index (χ1n) is 10.7. The van der Waals surface area contributed by atoms with Gasteiger partial charge in [0.05, 0.1) is 0 Å². The van der Waals surface area contributed by atoms with E-state index in [0.717, 1.165) is 37.4 Å². The summed E-state index contributed by atoms with van der Waals surface area (Å²) in [6.45, 7) is 17.1. The zero-order valence-electron chi connectivity index (χ0n) is 16.9. The Kier molecular flexibility index (Phi) is 9.63. The number of likely N-dealkylation sites (tertiary alicyclic amines) is 2. The van der Waals surface area contributed by atoms with Crippen LogP contribution < -0.4 is 10.6 Å². The summed E-state index contributed by atoms with van der Waals surface area (Å²) in [5.74, 6) is 2.65. The number of nitrogens with zero attached hydrogens (tertiary/aromatic N) is 3. The molecular formula is C20H41N5. The van der Waals surface area contributed by atoms with Crippen molar-refractivity contribution in [2.75, 3.05) is 58.9 Å². The molecule has 0 aromatic rings. The Bertz CT molecular complexity index is 376. The van der Waals surface area contributed by atoms with Crippen molar-refractivity contribution in [1.29, 1.82) is 0 Å². The molecule has 1 unspecified atom stereocenters. The Morgan fingerprint density at radius 1 is 1.04 bits per heavy atom. The third kappa shape index (κ3) is 7.95. The van der Waals surface area contributed by atoms with Gasteiger partial charge in [0.15, 0.2) is 5.96 Å². The van der Waals surface area contributed by atoms with Gasteiger partial charge in [0.25, 0.3) is 0 Å². The molecule has 2 fully saturated rings. The molecule has 5 nitrogen and oxygen atoms in total. The predicted molar refractivity (Wildman–Crippen MR) is 108 cm³/mol. The van der Waals surface area contributed by atoms with Gasteiger partial charge in [0.2, 0.25) is 0 Å². The fraction of sp³-hybridized carbons (Fsp3) is 0.950. The Morgan fingerprint density at radius 2 is 1.84 bits per heavy atom. The lowest BCUT2D eigenvalue weighted by atomic mass is 9.98. The average Bonchev–Trinajstić information content (AvgIpc) is 2.64. The van der Waals surface area contributed by atoms with E-state index in [2.05, 4.69) is 41.2 Å². The van der Waals surface area contributed by atoms with Gasteiger partial charge in [-0.25, -0.2) is 0 Å². The molecule has 0 saturated carbocycles. The van der Waals surface area contributed by atoms with E-state index in [-0.39, 0.29) is 0 Å². The second kappa shape index (κ2) is 11.7. The maximum Gasteiger partial charge on any atom is 0.191 e. The van der Waals surface area contributed by atoms with Crippen LogP contribution in [-0.4, -0.2) is 74.7 Å². The monoisotopic (exact) mass is 351 g/mol. The molecule has 0 aliphatic carbocycles. The number of guanidine groups is 1. The van der Waals surface area contributed by atoms with E-state index in [1.807, 2.05) is 0 Å². The zero-order valence-corrected chi connectivity index (χ0v) is 16.9. The molecular weight excluding hydrogens is 310 g/mol. The second-order valence-corrected chi connectivity index (χ2v) is 7.93. The van der Waals surface area contributed by atoms with E-state index in [4.69, 9.17) is 4.99 Å². The number of aliphatic imine (C=N–C) groups is 1. The highest BCUT2D eigenvalue weighted by Gasteiger charge is 2.18. The van der Waals surface area contributed by atoms with E-state index in [9.17, 15) is 0 Å². The molecule has 5 heteroatoms. The van der Waals surface area contributed by atoms with Crippen LogP contribution in [0.5, 0.6) is 0 Å². The summed E-state index contributed by atoms with van der Waals surface area (Å²) in [7, 11) is 0. The molecule has 0 radical (unpaired) electrons. The molecule has 2 rings (SSSR count). The summed E-state index contributed by atoms with van der Waals surface area (Å²) < 4.78 is 0. The van der Waals surface area contributed by atoms with Gasteiger partial charge >= 0.3 is 0 Å². The molecule has 0 bridgehead atoms. The van der Waals surface area contributed by atoms with Crippen LogP contribution in [0.3, 0.4) is 0 Å². The Balaban J connectivity index is 1.65. The summed E-state index contributed by atoms with van der Waals surface area (Å²) in [5.41, 5.74) is 0. The quantitative estimate of drug-likeness (QED) is 0.400. The lowest BCUT2D eigenvalue weighted by Gasteiger charge is -2.31. The Labute approximate surface area is 155 Å². The maximum absolute atomic E-state index is 4.85. The number of rotatable bonds is 8. The first-order chi connectivity index (χ1) is 12.2. The normalized spacial score (nSPS) is 24.4. The van der Waals surface area contributed by atoms with Crippen LogP contribution in [0.4, 0.5) is 0 Å². The highest BCUT2D eigenvalue weighted by atomic mass is 15.2. The van der Waals surface area contributed by atoms with Gasteiger partial charge in [-0.2, -0.15) is 0 Å². The fourth-order valence-electron chi connectivity index (χ4n) is 3.94. The van der Waals surface area contributed by atoms with Gasteiger partial charge < -0.3 is 20.4 Å². The molecule has 25 heavy (non-hydrogen) atoms. The lowest BCUT2D eigenvalue weighted by Crippen LogP contribution is -2.41. The minimum Gasteiger partial charge on any atom is -0.357 e. The molecule has 0 aromatic heterocycles. The molecule has 2 heterocycles. The van der Waals surface area contributed by atoms with E-state index >= 15 is 0 Å². The van der Waals surface area contributed by atoms with Gasteiger partial charge in [-0.1, -0.05) is 13.8 Å². The molecule has 0 amide bonds. The van der Waals surface area contributed by atoms with E-state index in [1.54, 1.807) is 0 Å². The van der Waals surface area contributed by atoms with Crippen LogP contribution in [0.25, 0.3) is 0 Å². The first-order valence-corrected chi connectivity index (χ1v) is 10.7. The summed E-state index contributed by atoms with van der Waals surface area (Å²) in [4.78, 5) is 10.0. The summed E-state index contributed by atoms with van der Waals surface area (Å²) in [6.07, 6.45) is 6.59. The third-order valence-electron chi connectivity index (χ3n) is 5.72. The van der Waals surface area contributed by atoms with Crippen LogP contribution in [-0.2, 0) is 0 Å². The van der Waals surface area contributed by atoms with Crippen LogP contribution in [0, 0.1) is 11.8 Å². The number of nitrogens with one attached hydrogen (secondary N) is 2. The standard InChI is InChI=1S/C20H41N5/c1-4-21-20(23-16-19-8-6-12-24(5-2)17-19)22-11-7-13-25-14-9-18(3)10-15-25/h18-19H,4-17H2,1-3H3,(H2,21,22,23). The van der Waals surface area contributed by atoms with E-state index < -0.39 is 0 Å². The van der Waals surface area contributed by atoms with Gasteiger partial charge in [-0.3, -0.25) is 4.99 Å². The molecule has 1 atom stereocenters. The van der Waals surface area contributed by atoms with E-state index in [0.29, 0.717) is 0 Å². The zero-order chi connectivity index (χ0) is 17.9. The van der Waals surface area contributed by atoms with Crippen LogP contribution in [0.1, 0.15) is 52.9 Å². The minimum absolute atomic E-state index is 0.722. The van der Waals surface area contributed by atoms with Crippen molar-refractivity contribution >= 4 is 5.96 Å². The summed E-state index contributed by atoms with van der Waals surface area (Å²) in [6, 6.07) is 0. The Morgan fingerprint density at radius 3 is 2.56 bits per heavy atom. The Hall–Kier alpha value is -0.810. The van der Waals surface area contributed by atoms with E-state index in [1.165, 1.54) is 71.4 Å². The number of hydrogen-bond acceptors (Lipinski definition) is 3. The highest BCUT2D eigenvalue weighted by Crippen LogP contribution is 2.16. The van der Waals surface area contributed by atoms with Crippen molar-refractivity contribution in [3.63, 3.8) is 0 Å². The highest BCUT2D eigenvalue weighted by molar-refractivity contribution is 5.79. The molecule has 146 valence electrons. The molecule has 2 aliphatic heterocycles. The van der Waals surface area contributed by atoms with Crippen molar-refractivity contribution in [2.45, 2.75) is 52.9 Å². The molecule has 2 N–H and O–H groups in total. The predicted octanol–water partition coefficient (Wildman–Crippen LogP) is 2.40. The summed E-state index contributed by atoms with van der Waals surface area (Å²) in [5, 5.41) is 6.94. The topological polar surface area (TPSA) is 42.9 Å². The smallest absolute Gasteiger partial charge is 0.191 e. The van der Waals surface area contributed by atoms with Crippen LogP contribution in [0.15, 0.2) is 4.99 Å².